The SMILES string of the molecule is CC(NC(=O)C1CC1C)c1cc2ccccc2o1. The van der Waals surface area contributed by atoms with Gasteiger partial charge in [-0.25, -0.2) is 0 Å². The molecule has 1 N–H and O–H groups in total. The Labute approximate surface area is 106 Å². The molecule has 3 rings (SSSR count). The maximum Gasteiger partial charge on any atom is 0.223 e. The van der Waals surface area contributed by atoms with Gasteiger partial charge < -0.3 is 9.73 Å². The van der Waals surface area contributed by atoms with Crippen molar-refractivity contribution in [3.05, 3.63) is 36.1 Å². The Kier molecular flexibility index (Phi) is 2.62. The van der Waals surface area contributed by atoms with Crippen molar-refractivity contribution in [1.29, 1.82) is 0 Å². The highest BCUT2D eigenvalue weighted by molar-refractivity contribution is 5.82. The number of rotatable bonds is 3. The van der Waals surface area contributed by atoms with Crippen LogP contribution in [-0.2, 0) is 4.79 Å². The summed E-state index contributed by atoms with van der Waals surface area (Å²) in [5, 5.41) is 4.09. The lowest BCUT2D eigenvalue weighted by Gasteiger charge is -2.10. The van der Waals surface area contributed by atoms with Gasteiger partial charge in [0.15, 0.2) is 0 Å². The van der Waals surface area contributed by atoms with Crippen molar-refractivity contribution in [2.45, 2.75) is 26.3 Å². The predicted molar refractivity (Wildman–Crippen MR) is 70.0 cm³/mol. The van der Waals surface area contributed by atoms with Crippen LogP contribution in [0.1, 0.15) is 32.1 Å². The first-order valence-corrected chi connectivity index (χ1v) is 6.44. The molecule has 1 aliphatic carbocycles. The molecule has 1 heterocycles. The van der Waals surface area contributed by atoms with Crippen LogP contribution in [0.3, 0.4) is 0 Å². The quantitative estimate of drug-likeness (QED) is 0.899. The van der Waals surface area contributed by atoms with Crippen molar-refractivity contribution in [3.63, 3.8) is 0 Å². The van der Waals surface area contributed by atoms with Crippen LogP contribution in [0.2, 0.25) is 0 Å². The third-order valence-electron chi connectivity index (χ3n) is 3.68. The lowest BCUT2D eigenvalue weighted by atomic mass is 10.2. The molecule has 1 amide bonds. The van der Waals surface area contributed by atoms with Gasteiger partial charge in [0, 0.05) is 11.3 Å². The van der Waals surface area contributed by atoms with Crippen LogP contribution in [0.25, 0.3) is 11.0 Å². The number of nitrogens with one attached hydrogen (secondary N) is 1. The molecule has 2 aromatic rings. The molecule has 1 aromatic carbocycles. The van der Waals surface area contributed by atoms with E-state index in [2.05, 4.69) is 12.2 Å². The third kappa shape index (κ3) is 2.01. The average molecular weight is 243 g/mol. The molecule has 3 unspecified atom stereocenters. The molecule has 94 valence electrons. The van der Waals surface area contributed by atoms with Gasteiger partial charge in [-0.1, -0.05) is 25.1 Å². The second-order valence-corrected chi connectivity index (χ2v) is 5.24. The molecule has 1 saturated carbocycles. The van der Waals surface area contributed by atoms with E-state index in [0.717, 1.165) is 23.2 Å². The van der Waals surface area contributed by atoms with Gasteiger partial charge in [0.05, 0.1) is 6.04 Å². The highest BCUT2D eigenvalue weighted by Gasteiger charge is 2.39. The number of carbonyl (C=O) groups is 1. The van der Waals surface area contributed by atoms with E-state index in [1.165, 1.54) is 0 Å². The molecule has 0 aliphatic heterocycles. The summed E-state index contributed by atoms with van der Waals surface area (Å²) in [6.07, 6.45) is 1.01. The van der Waals surface area contributed by atoms with Gasteiger partial charge in [-0.15, -0.1) is 0 Å². The summed E-state index contributed by atoms with van der Waals surface area (Å²) < 4.78 is 5.74. The number of amides is 1. The molecule has 1 aromatic heterocycles. The zero-order chi connectivity index (χ0) is 12.7. The van der Waals surface area contributed by atoms with E-state index in [0.29, 0.717) is 5.92 Å². The average Bonchev–Trinajstić information content (AvgIpc) is 2.93. The first-order valence-electron chi connectivity index (χ1n) is 6.44. The Balaban J connectivity index is 1.75. The number of hydrogen-bond acceptors (Lipinski definition) is 2. The van der Waals surface area contributed by atoms with Crippen molar-refractivity contribution < 1.29 is 9.21 Å². The maximum atomic E-state index is 11.9. The normalized spacial score (nSPS) is 23.9. The highest BCUT2D eigenvalue weighted by Crippen LogP contribution is 2.38. The van der Waals surface area contributed by atoms with Gasteiger partial charge in [-0.05, 0) is 31.4 Å². The van der Waals surface area contributed by atoms with E-state index in [9.17, 15) is 4.79 Å². The van der Waals surface area contributed by atoms with Gasteiger partial charge in [-0.2, -0.15) is 0 Å². The smallest absolute Gasteiger partial charge is 0.223 e. The van der Waals surface area contributed by atoms with E-state index < -0.39 is 0 Å². The molecule has 1 fully saturated rings. The minimum absolute atomic E-state index is 0.0716. The van der Waals surface area contributed by atoms with E-state index in [1.807, 2.05) is 37.3 Å². The standard InChI is InChI=1S/C15H17NO2/c1-9-7-12(9)15(17)16-10(2)14-8-11-5-3-4-6-13(11)18-14/h3-6,8-10,12H,7H2,1-2H3,(H,16,17). The maximum absolute atomic E-state index is 11.9. The zero-order valence-electron chi connectivity index (χ0n) is 10.6. The summed E-state index contributed by atoms with van der Waals surface area (Å²) in [7, 11) is 0. The largest absolute Gasteiger partial charge is 0.459 e. The molecular weight excluding hydrogens is 226 g/mol. The van der Waals surface area contributed by atoms with Crippen molar-refractivity contribution in [1.82, 2.24) is 5.32 Å². The fraction of sp³-hybridized carbons (Fsp3) is 0.400. The summed E-state index contributed by atoms with van der Waals surface area (Å²) in [4.78, 5) is 11.9. The lowest BCUT2D eigenvalue weighted by Crippen LogP contribution is -2.28. The number of furan rings is 1. The van der Waals surface area contributed by atoms with Crippen molar-refractivity contribution in [2.24, 2.45) is 11.8 Å². The number of para-hydroxylation sites is 1. The van der Waals surface area contributed by atoms with Crippen LogP contribution in [0.5, 0.6) is 0 Å². The van der Waals surface area contributed by atoms with Gasteiger partial charge in [-0.3, -0.25) is 4.79 Å². The fourth-order valence-corrected chi connectivity index (χ4v) is 2.29. The summed E-state index contributed by atoms with van der Waals surface area (Å²) in [5.74, 6) is 1.71. The van der Waals surface area contributed by atoms with E-state index >= 15 is 0 Å². The second-order valence-electron chi connectivity index (χ2n) is 5.24. The molecular formula is C15H17NO2. The third-order valence-corrected chi connectivity index (χ3v) is 3.68. The molecule has 0 radical (unpaired) electrons. The first-order chi connectivity index (χ1) is 8.65. The summed E-state index contributed by atoms with van der Waals surface area (Å²) in [6.45, 7) is 4.07. The summed E-state index contributed by atoms with van der Waals surface area (Å²) >= 11 is 0. The molecule has 18 heavy (non-hydrogen) atoms. The molecule has 0 bridgehead atoms. The molecule has 3 heteroatoms. The Hall–Kier alpha value is -1.77. The zero-order valence-corrected chi connectivity index (χ0v) is 10.6. The van der Waals surface area contributed by atoms with E-state index in [1.54, 1.807) is 0 Å². The monoisotopic (exact) mass is 243 g/mol. The van der Waals surface area contributed by atoms with E-state index in [-0.39, 0.29) is 17.9 Å². The molecule has 0 saturated heterocycles. The predicted octanol–water partition coefficient (Wildman–Crippen LogP) is 3.27. The topological polar surface area (TPSA) is 42.2 Å². The Morgan fingerprint density at radius 1 is 1.44 bits per heavy atom. The van der Waals surface area contributed by atoms with Crippen LogP contribution < -0.4 is 5.32 Å². The van der Waals surface area contributed by atoms with Gasteiger partial charge in [0.1, 0.15) is 11.3 Å². The van der Waals surface area contributed by atoms with Crippen molar-refractivity contribution >= 4 is 16.9 Å². The molecule has 3 atom stereocenters. The fourth-order valence-electron chi connectivity index (χ4n) is 2.29. The highest BCUT2D eigenvalue weighted by atomic mass is 16.3. The van der Waals surface area contributed by atoms with Gasteiger partial charge >= 0.3 is 0 Å². The summed E-state index contributed by atoms with van der Waals surface area (Å²) in [6, 6.07) is 9.81. The Morgan fingerprint density at radius 2 is 2.17 bits per heavy atom. The number of carbonyl (C=O) groups excluding carboxylic acids is 1. The number of fused-ring (bicyclic) bond motifs is 1. The van der Waals surface area contributed by atoms with Crippen LogP contribution in [-0.4, -0.2) is 5.91 Å². The molecule has 0 spiro atoms. The van der Waals surface area contributed by atoms with Crippen LogP contribution in [0, 0.1) is 11.8 Å². The van der Waals surface area contributed by atoms with E-state index in [4.69, 9.17) is 4.42 Å². The van der Waals surface area contributed by atoms with Crippen LogP contribution >= 0.6 is 0 Å². The van der Waals surface area contributed by atoms with Crippen molar-refractivity contribution in [3.8, 4) is 0 Å². The number of benzene rings is 1. The lowest BCUT2D eigenvalue weighted by molar-refractivity contribution is -0.123. The van der Waals surface area contributed by atoms with Crippen LogP contribution in [0.4, 0.5) is 0 Å². The number of hydrogen-bond donors (Lipinski definition) is 1. The Bertz CT molecular complexity index is 554. The molecule has 3 nitrogen and oxygen atoms in total. The minimum Gasteiger partial charge on any atom is -0.459 e. The first kappa shape index (κ1) is 11.3. The minimum atomic E-state index is -0.0716. The molecule has 1 aliphatic rings. The van der Waals surface area contributed by atoms with Crippen LogP contribution in [0.15, 0.2) is 34.7 Å². The summed E-state index contributed by atoms with van der Waals surface area (Å²) in [5.41, 5.74) is 0.869. The Morgan fingerprint density at radius 3 is 2.83 bits per heavy atom. The second kappa shape index (κ2) is 4.16. The van der Waals surface area contributed by atoms with Gasteiger partial charge in [0.2, 0.25) is 5.91 Å². The van der Waals surface area contributed by atoms with Crippen molar-refractivity contribution in [2.75, 3.05) is 0 Å². The van der Waals surface area contributed by atoms with Gasteiger partial charge in [0.25, 0.3) is 0 Å².